The van der Waals surface area contributed by atoms with Gasteiger partial charge >= 0.3 is 11.7 Å². The molecule has 1 saturated carbocycles. The number of carboxylic acid groups (broad SMARTS) is 1. The van der Waals surface area contributed by atoms with Crippen molar-refractivity contribution in [1.82, 2.24) is 19.1 Å². The number of aryl methyl sites for hydroxylation is 1. The Kier molecular flexibility index (Phi) is 1.91. The second kappa shape index (κ2) is 9.01. The molecule has 1 aliphatic rings. The Morgan fingerprint density at radius 3 is 2.58 bits per heavy atom. The van der Waals surface area contributed by atoms with Crippen molar-refractivity contribution in [3.05, 3.63) is 26.7 Å². The van der Waals surface area contributed by atoms with E-state index in [0.717, 1.165) is 0 Å². The van der Waals surface area contributed by atoms with Crippen LogP contribution >= 0.6 is 0 Å². The summed E-state index contributed by atoms with van der Waals surface area (Å²) in [6, 6.07) is 0. The molecule has 0 amide bonds. The normalized spacial score (nSPS) is 47.1. The Labute approximate surface area is 220 Å². The number of carboxylic acids is 1. The second-order valence-corrected chi connectivity index (χ2v) is 6.22. The van der Waals surface area contributed by atoms with Gasteiger partial charge in [-0.25, -0.2) is 9.78 Å². The van der Waals surface area contributed by atoms with E-state index >= 15 is 0 Å². The quantitative estimate of drug-likeness (QED) is 0.592. The van der Waals surface area contributed by atoms with Crippen LogP contribution in [0.2, 0.25) is 0 Å². The highest BCUT2D eigenvalue weighted by Gasteiger charge is 2.42. The minimum absolute atomic E-state index is 0.251. The number of H-pyrrole nitrogens is 1. The van der Waals surface area contributed by atoms with Crippen LogP contribution in [0.1, 0.15) is 128 Å². The number of rotatable bonds is 9. The number of hydrogen-bond donors (Lipinski definition) is 2. The van der Waals surface area contributed by atoms with Crippen LogP contribution in [0.5, 0.6) is 0 Å². The van der Waals surface area contributed by atoms with E-state index in [1.54, 1.807) is 0 Å². The average molecular weight is 460 g/mol. The summed E-state index contributed by atoms with van der Waals surface area (Å²) in [6.07, 6.45) is -40.8. The van der Waals surface area contributed by atoms with E-state index in [1.165, 1.54) is 0 Å². The van der Waals surface area contributed by atoms with Gasteiger partial charge in [-0.3, -0.25) is 18.7 Å². The molecule has 3 rings (SSSR count). The van der Waals surface area contributed by atoms with E-state index in [0.29, 0.717) is 6.92 Å². The molecule has 8 nitrogen and oxygen atoms in total. The fourth-order valence-electron chi connectivity index (χ4n) is 2.60. The van der Waals surface area contributed by atoms with Gasteiger partial charge in [-0.2, -0.15) is 0 Å². The third-order valence-corrected chi connectivity index (χ3v) is 4.13. The average Bonchev–Trinajstić information content (AvgIpc) is 3.43. The standard InChI is InChI=1S/C23H36N4O4/c1-5-14-26-18-17(19(30)27(15-6-2)21(26)31)24-20(25-18)22(4)10-12-23(7-3,13-11-22)9-8-16(28)29/h5-15H2,1-4H3,(H,24,25)(H,28,29)/i1D3,3D2,5D2,6D2,7D2,8D2,9D2,10D2,11D2,12D2,13D2,14D2,15D2. The van der Waals surface area contributed by atoms with Crippen LogP contribution < -0.4 is 11.2 Å². The molecular formula is C23H36N4O4. The molecule has 172 valence electrons. The molecule has 8 heteroatoms. The Morgan fingerprint density at radius 2 is 1.97 bits per heavy atom. The molecular weight excluding hydrogens is 396 g/mol. The van der Waals surface area contributed by atoms with Crippen molar-refractivity contribution in [3.63, 3.8) is 0 Å². The molecule has 0 unspecified atom stereocenters. The molecule has 0 aromatic carbocycles. The number of hydrogen-bond acceptors (Lipinski definition) is 4. The summed E-state index contributed by atoms with van der Waals surface area (Å²) in [7, 11) is 0. The number of nitrogens with zero attached hydrogens (tertiary/aromatic N) is 3. The zero-order valence-corrected chi connectivity index (χ0v) is 16.1. The van der Waals surface area contributed by atoms with Gasteiger partial charge in [-0.05, 0) is 50.0 Å². The van der Waals surface area contributed by atoms with Gasteiger partial charge in [-0.15, -0.1) is 0 Å². The Bertz CT molecular complexity index is 2090. The van der Waals surface area contributed by atoms with E-state index < -0.39 is 138 Å². The Morgan fingerprint density at radius 1 is 1.26 bits per heavy atom. The number of carbonyl (C=O) groups is 1. The molecule has 0 saturated heterocycles. The summed E-state index contributed by atoms with van der Waals surface area (Å²) >= 11 is 0. The zero-order chi connectivity index (χ0) is 46.6. The molecule has 2 aromatic heterocycles. The van der Waals surface area contributed by atoms with Crippen LogP contribution in [-0.4, -0.2) is 30.2 Å². The van der Waals surface area contributed by atoms with E-state index in [9.17, 15) is 19.5 Å². The maximum Gasteiger partial charge on any atom is 0.332 e. The molecule has 2 heterocycles. The molecule has 1 aliphatic carbocycles. The summed E-state index contributed by atoms with van der Waals surface area (Å²) in [6.45, 7) is -14.9. The highest BCUT2D eigenvalue weighted by Crippen LogP contribution is 2.50. The van der Waals surface area contributed by atoms with Gasteiger partial charge in [0, 0.05) is 59.1 Å². The molecule has 0 radical (unpaired) electrons. The van der Waals surface area contributed by atoms with E-state index in [2.05, 4.69) is 4.98 Å². The predicted molar refractivity (Wildman–Crippen MR) is 121 cm³/mol. The number of imidazole rings is 1. The van der Waals surface area contributed by atoms with Gasteiger partial charge in [0.05, 0.1) is 2.74 Å². The van der Waals surface area contributed by atoms with Gasteiger partial charge in [0.2, 0.25) is 0 Å². The van der Waals surface area contributed by atoms with Gasteiger partial charge in [0.25, 0.3) is 5.56 Å². The Balaban J connectivity index is 2.84. The molecule has 0 atom stereocenters. The van der Waals surface area contributed by atoms with Crippen LogP contribution in [0.3, 0.4) is 0 Å². The highest BCUT2D eigenvalue weighted by atomic mass is 16.4. The van der Waals surface area contributed by atoms with Crippen molar-refractivity contribution >= 4 is 17.1 Å². The minimum atomic E-state index is -5.06. The third-order valence-electron chi connectivity index (χ3n) is 4.13. The Hall–Kier alpha value is -2.38. The zero-order valence-electron chi connectivity index (χ0n) is 43.1. The van der Waals surface area contributed by atoms with E-state index in [1.807, 2.05) is 4.98 Å². The summed E-state index contributed by atoms with van der Waals surface area (Å²) < 4.78 is 226. The first-order valence-electron chi connectivity index (χ1n) is 22.1. The maximum absolute atomic E-state index is 14.0. The van der Waals surface area contributed by atoms with Crippen LogP contribution in [0.15, 0.2) is 9.59 Å². The van der Waals surface area contributed by atoms with E-state index in [4.69, 9.17) is 37.0 Å². The summed E-state index contributed by atoms with van der Waals surface area (Å²) in [5.41, 5.74) is -16.5. The van der Waals surface area contributed by atoms with Gasteiger partial charge < -0.3 is 10.1 Å². The first kappa shape index (κ1) is 6.58. The lowest BCUT2D eigenvalue weighted by Gasteiger charge is -2.44. The molecule has 2 N–H and O–H groups in total. The topological polar surface area (TPSA) is 110 Å². The molecule has 0 bridgehead atoms. The maximum atomic E-state index is 14.0. The SMILES string of the molecule is [2H]C([2H])C([2H])([2H])C1(C([2H])([2H])C([2H])([2H])C(=O)O)C([2H])([2H])C([2H])([2H])C(C)(c2nc3c([nH]2)c(=O)n(C([2H])([2H])C([2H])([2H])C)c(=O)n3C([2H])([2H])C([2H])([2H])C([2H])([2H])[2H])C([2H])([2H])C1([2H])[2H]. The van der Waals surface area contributed by atoms with Gasteiger partial charge in [0.1, 0.15) is 11.3 Å². The highest BCUT2D eigenvalue weighted by molar-refractivity contribution is 5.70. The number of fused-ring (bicyclic) bond motifs is 1. The van der Waals surface area contributed by atoms with Crippen LogP contribution in [0, 0.1) is 5.41 Å². The van der Waals surface area contributed by atoms with Crippen molar-refractivity contribution < 1.29 is 46.9 Å². The molecule has 1 fully saturated rings. The monoisotopic (exact) mass is 459 g/mol. The van der Waals surface area contributed by atoms with Crippen LogP contribution in [-0.2, 0) is 23.2 Å². The smallest absolute Gasteiger partial charge is 0.332 e. The van der Waals surface area contributed by atoms with Crippen LogP contribution in [0.25, 0.3) is 11.2 Å². The van der Waals surface area contributed by atoms with Gasteiger partial charge in [-0.1, -0.05) is 33.9 Å². The summed E-state index contributed by atoms with van der Waals surface area (Å²) in [5.74, 6) is -4.52. The number of aromatic nitrogens is 4. The minimum Gasteiger partial charge on any atom is -0.481 e. The fourth-order valence-corrected chi connectivity index (χ4v) is 2.60. The van der Waals surface area contributed by atoms with Crippen molar-refractivity contribution in [2.24, 2.45) is 5.41 Å². The first-order chi connectivity index (χ1) is 25.0. The lowest BCUT2D eigenvalue weighted by molar-refractivity contribution is -0.137. The number of nitrogens with one attached hydrogen (secondary N) is 1. The molecule has 2 aromatic rings. The van der Waals surface area contributed by atoms with Crippen molar-refractivity contribution in [2.45, 2.75) is 103 Å². The fraction of sp³-hybridized carbons (Fsp3) is 0.739. The van der Waals surface area contributed by atoms with E-state index in [-0.39, 0.29) is 6.92 Å². The molecule has 0 spiro atoms. The lowest BCUT2D eigenvalue weighted by Crippen LogP contribution is -2.40. The largest absolute Gasteiger partial charge is 0.481 e. The lowest BCUT2D eigenvalue weighted by atomic mass is 9.61. The third kappa shape index (κ3) is 4.34. The van der Waals surface area contributed by atoms with Gasteiger partial charge in [0.15, 0.2) is 5.65 Å². The van der Waals surface area contributed by atoms with Crippen LogP contribution in [0.4, 0.5) is 0 Å². The summed E-state index contributed by atoms with van der Waals surface area (Å²) in [4.78, 5) is 45.5. The second-order valence-electron chi connectivity index (χ2n) is 6.22. The van der Waals surface area contributed by atoms with Crippen molar-refractivity contribution in [1.29, 1.82) is 0 Å². The summed E-state index contributed by atoms with van der Waals surface area (Å²) in [5, 5.41) is 9.68. The number of aliphatic carboxylic acids is 1. The predicted octanol–water partition coefficient (Wildman–Crippen LogP) is 3.80. The molecule has 0 aliphatic heterocycles. The molecule has 31 heavy (non-hydrogen) atoms. The van der Waals surface area contributed by atoms with Crippen molar-refractivity contribution in [3.8, 4) is 0 Å². The number of aromatic amines is 1. The first-order valence-corrected chi connectivity index (χ1v) is 8.41. The van der Waals surface area contributed by atoms with Crippen molar-refractivity contribution in [2.75, 3.05) is 0 Å².